The van der Waals surface area contributed by atoms with Gasteiger partial charge in [0.1, 0.15) is 18.0 Å². The molecule has 3 aliphatic rings. The third kappa shape index (κ3) is 3.03. The molecule has 2 aliphatic heterocycles. The van der Waals surface area contributed by atoms with E-state index >= 15 is 0 Å². The van der Waals surface area contributed by atoms with Crippen LogP contribution in [0.25, 0.3) is 0 Å². The van der Waals surface area contributed by atoms with Crippen LogP contribution in [0.3, 0.4) is 0 Å². The summed E-state index contributed by atoms with van der Waals surface area (Å²) in [7, 11) is 0. The summed E-state index contributed by atoms with van der Waals surface area (Å²) in [5, 5.41) is 0. The van der Waals surface area contributed by atoms with Crippen molar-refractivity contribution < 1.29 is 28.6 Å². The van der Waals surface area contributed by atoms with E-state index in [1.54, 1.807) is 48.5 Å². The number of fused-ring (bicyclic) bond motifs is 5. The molecule has 1 saturated carbocycles. The molecule has 0 radical (unpaired) electrons. The second-order valence-electron chi connectivity index (χ2n) is 8.29. The molecule has 6 nitrogen and oxygen atoms in total. The Bertz CT molecular complexity index is 972. The molecule has 7 unspecified atom stereocenters. The molecule has 2 bridgehead atoms. The highest BCUT2D eigenvalue weighted by Gasteiger charge is 2.68. The van der Waals surface area contributed by atoms with E-state index in [2.05, 4.69) is 0 Å². The lowest BCUT2D eigenvalue weighted by Gasteiger charge is -2.34. The minimum absolute atomic E-state index is 0.0252. The number of carbonyl (C=O) groups is 3. The second-order valence-corrected chi connectivity index (χ2v) is 8.29. The fourth-order valence-electron chi connectivity index (χ4n) is 5.20. The zero-order chi connectivity index (χ0) is 20.8. The van der Waals surface area contributed by atoms with E-state index in [-0.39, 0.29) is 23.5 Å². The van der Waals surface area contributed by atoms with Crippen molar-refractivity contribution >= 4 is 17.7 Å². The molecule has 3 fully saturated rings. The van der Waals surface area contributed by atoms with Crippen molar-refractivity contribution in [2.24, 2.45) is 17.8 Å². The zero-order valence-electron chi connectivity index (χ0n) is 16.5. The third-order valence-electron chi connectivity index (χ3n) is 6.49. The minimum Gasteiger partial charge on any atom is -0.452 e. The molecule has 0 spiro atoms. The largest absolute Gasteiger partial charge is 0.452 e. The summed E-state index contributed by atoms with van der Waals surface area (Å²) in [6.45, 7) is 2.02. The molecule has 7 atom stereocenters. The Morgan fingerprint density at radius 2 is 1.33 bits per heavy atom. The van der Waals surface area contributed by atoms with E-state index < -0.39 is 36.4 Å². The molecule has 30 heavy (non-hydrogen) atoms. The van der Waals surface area contributed by atoms with E-state index in [4.69, 9.17) is 14.2 Å². The fraction of sp³-hybridized carbons (Fsp3) is 0.375. The van der Waals surface area contributed by atoms with Gasteiger partial charge in [-0.15, -0.1) is 0 Å². The van der Waals surface area contributed by atoms with Crippen molar-refractivity contribution in [1.82, 2.24) is 0 Å². The first-order chi connectivity index (χ1) is 14.5. The molecule has 2 heterocycles. The molecule has 0 N–H and O–H groups in total. The second kappa shape index (κ2) is 7.36. The first-order valence-corrected chi connectivity index (χ1v) is 10.2. The molecule has 6 heteroatoms. The smallest absolute Gasteiger partial charge is 0.338 e. The van der Waals surface area contributed by atoms with Crippen LogP contribution in [0.2, 0.25) is 0 Å². The maximum Gasteiger partial charge on any atom is 0.338 e. The average molecular weight is 406 g/mol. The SMILES string of the molecule is CC1CC(=O)C2C3OC(C(OC(=O)c4ccccc4)C3OC(=O)c3ccccc3)C12. The van der Waals surface area contributed by atoms with Crippen LogP contribution >= 0.6 is 0 Å². The minimum atomic E-state index is -0.814. The van der Waals surface area contributed by atoms with E-state index in [1.165, 1.54) is 0 Å². The summed E-state index contributed by atoms with van der Waals surface area (Å²) in [4.78, 5) is 38.0. The number of ether oxygens (including phenoxy) is 3. The molecule has 0 amide bonds. The fourth-order valence-corrected chi connectivity index (χ4v) is 5.20. The van der Waals surface area contributed by atoms with Gasteiger partial charge in [0.2, 0.25) is 0 Å². The standard InChI is InChI=1S/C24H22O6/c1-13-12-16(25)18-17(13)19-21(29-23(26)14-8-4-2-5-9-14)22(20(18)28-19)30-24(27)15-10-6-3-7-11-15/h2-11,13,17-22H,12H2,1H3. The lowest BCUT2D eigenvalue weighted by Crippen LogP contribution is -2.51. The summed E-state index contributed by atoms with van der Waals surface area (Å²) in [6.07, 6.45) is -2.12. The van der Waals surface area contributed by atoms with Crippen molar-refractivity contribution in [2.75, 3.05) is 0 Å². The molecule has 154 valence electrons. The van der Waals surface area contributed by atoms with Crippen LogP contribution < -0.4 is 0 Å². The van der Waals surface area contributed by atoms with Crippen LogP contribution in [-0.4, -0.2) is 42.1 Å². The Morgan fingerprint density at radius 3 is 1.87 bits per heavy atom. The highest BCUT2D eigenvalue weighted by Crippen LogP contribution is 2.54. The summed E-state index contributed by atoms with van der Waals surface area (Å²) in [6, 6.07) is 17.3. The number of hydrogen-bond acceptors (Lipinski definition) is 6. The van der Waals surface area contributed by atoms with Gasteiger partial charge in [-0.05, 0) is 30.2 Å². The van der Waals surface area contributed by atoms with Crippen molar-refractivity contribution in [3.63, 3.8) is 0 Å². The monoisotopic (exact) mass is 406 g/mol. The topological polar surface area (TPSA) is 78.9 Å². The summed E-state index contributed by atoms with van der Waals surface area (Å²) in [5.74, 6) is -1.08. The number of ketones is 1. The third-order valence-corrected chi connectivity index (χ3v) is 6.49. The highest BCUT2D eigenvalue weighted by atomic mass is 16.6. The molecule has 2 aromatic rings. The number of carbonyl (C=O) groups excluding carboxylic acids is 3. The van der Waals surface area contributed by atoms with Crippen molar-refractivity contribution in [1.29, 1.82) is 0 Å². The molecular formula is C24H22O6. The lowest BCUT2D eigenvalue weighted by atomic mass is 9.75. The van der Waals surface area contributed by atoms with Crippen LogP contribution in [0.1, 0.15) is 34.1 Å². The normalized spacial score (nSPS) is 33.9. The van der Waals surface area contributed by atoms with Gasteiger partial charge < -0.3 is 14.2 Å². The molecule has 2 saturated heterocycles. The first-order valence-electron chi connectivity index (χ1n) is 10.2. The van der Waals surface area contributed by atoms with Gasteiger partial charge in [-0.2, -0.15) is 0 Å². The van der Waals surface area contributed by atoms with E-state index in [0.29, 0.717) is 17.5 Å². The first kappa shape index (κ1) is 19.0. The van der Waals surface area contributed by atoms with Crippen molar-refractivity contribution in [3.05, 3.63) is 71.8 Å². The van der Waals surface area contributed by atoms with E-state index in [0.717, 1.165) is 0 Å². The van der Waals surface area contributed by atoms with Gasteiger partial charge in [-0.3, -0.25) is 4.79 Å². The molecule has 0 aromatic heterocycles. The quantitative estimate of drug-likeness (QED) is 0.726. The molecule has 5 rings (SSSR count). The van der Waals surface area contributed by atoms with Gasteiger partial charge in [0, 0.05) is 12.3 Å². The Morgan fingerprint density at radius 1 is 0.833 bits per heavy atom. The number of esters is 2. The average Bonchev–Trinajstić information content (AvgIpc) is 3.41. The predicted octanol–water partition coefficient (Wildman–Crippen LogP) is 3.06. The van der Waals surface area contributed by atoms with Gasteiger partial charge in [0.15, 0.2) is 12.2 Å². The number of Topliss-reactive ketones (excluding diaryl/α,β-unsaturated/α-hetero) is 1. The summed E-state index contributed by atoms with van der Waals surface area (Å²) >= 11 is 0. The maximum atomic E-state index is 12.7. The van der Waals surface area contributed by atoms with E-state index in [9.17, 15) is 14.4 Å². The number of rotatable bonds is 4. The van der Waals surface area contributed by atoms with Gasteiger partial charge in [-0.1, -0.05) is 43.3 Å². The highest BCUT2D eigenvalue weighted by molar-refractivity contribution is 5.91. The Kier molecular flexibility index (Phi) is 4.66. The van der Waals surface area contributed by atoms with Gasteiger partial charge in [0.05, 0.1) is 17.0 Å². The van der Waals surface area contributed by atoms with Crippen LogP contribution in [-0.2, 0) is 19.0 Å². The van der Waals surface area contributed by atoms with Gasteiger partial charge in [0.25, 0.3) is 0 Å². The van der Waals surface area contributed by atoms with E-state index in [1.807, 2.05) is 19.1 Å². The molecule has 2 aromatic carbocycles. The number of hydrogen-bond donors (Lipinski definition) is 0. The molecule has 1 aliphatic carbocycles. The van der Waals surface area contributed by atoms with Crippen molar-refractivity contribution in [3.8, 4) is 0 Å². The van der Waals surface area contributed by atoms with Gasteiger partial charge in [-0.25, -0.2) is 9.59 Å². The van der Waals surface area contributed by atoms with Crippen molar-refractivity contribution in [2.45, 2.75) is 37.8 Å². The molecular weight excluding hydrogens is 384 g/mol. The Balaban J connectivity index is 1.43. The predicted molar refractivity (Wildman–Crippen MR) is 106 cm³/mol. The Hall–Kier alpha value is -2.99. The zero-order valence-corrected chi connectivity index (χ0v) is 16.5. The maximum absolute atomic E-state index is 12.7. The Labute approximate surface area is 174 Å². The summed E-state index contributed by atoms with van der Waals surface area (Å²) < 4.78 is 17.7. The van der Waals surface area contributed by atoms with Gasteiger partial charge >= 0.3 is 11.9 Å². The van der Waals surface area contributed by atoms with Crippen LogP contribution in [0.5, 0.6) is 0 Å². The van der Waals surface area contributed by atoms with Crippen LogP contribution in [0, 0.1) is 17.8 Å². The van der Waals surface area contributed by atoms with Crippen LogP contribution in [0.4, 0.5) is 0 Å². The summed E-state index contributed by atoms with van der Waals surface area (Å²) in [5.41, 5.74) is 0.816. The number of benzene rings is 2. The lowest BCUT2D eigenvalue weighted by molar-refractivity contribution is -0.125. The van der Waals surface area contributed by atoms with Crippen LogP contribution in [0.15, 0.2) is 60.7 Å².